The van der Waals surface area contributed by atoms with Crippen LogP contribution in [0.2, 0.25) is 0 Å². The van der Waals surface area contributed by atoms with Crippen molar-refractivity contribution in [1.82, 2.24) is 9.78 Å². The van der Waals surface area contributed by atoms with E-state index in [0.29, 0.717) is 16.9 Å². The van der Waals surface area contributed by atoms with E-state index in [0.717, 1.165) is 11.1 Å². The van der Waals surface area contributed by atoms with Crippen LogP contribution in [0.5, 0.6) is 5.75 Å². The minimum atomic E-state index is -3.92. The van der Waals surface area contributed by atoms with Crippen LogP contribution in [0, 0.1) is 13.8 Å². The number of nitrogens with one attached hydrogen (secondary N) is 1. The highest BCUT2D eigenvalue weighted by Crippen LogP contribution is 2.32. The number of anilines is 1. The van der Waals surface area contributed by atoms with Gasteiger partial charge in [-0.2, -0.15) is 5.10 Å². The van der Waals surface area contributed by atoms with Gasteiger partial charge in [0.15, 0.2) is 0 Å². The van der Waals surface area contributed by atoms with Crippen molar-refractivity contribution in [2.75, 3.05) is 11.8 Å². The number of benzene rings is 2. The average Bonchev–Trinajstić information content (AvgIpc) is 2.66. The quantitative estimate of drug-likeness (QED) is 0.712. The summed E-state index contributed by atoms with van der Waals surface area (Å²) in [4.78, 5) is 11.7. The standard InChI is InChI=1S/C20H21N3O4S/c1-13-11-18(27-4)19(12-14(13)2)28(25,26)22-17-8-6-5-7-15(17)16-9-10-20(24)23(3)21-16/h5-12,22H,1-4H3. The van der Waals surface area contributed by atoms with Crippen LogP contribution in [0.3, 0.4) is 0 Å². The highest BCUT2D eigenvalue weighted by Gasteiger charge is 2.22. The molecule has 0 fully saturated rings. The molecule has 0 bridgehead atoms. The molecule has 0 aliphatic carbocycles. The molecule has 0 saturated carbocycles. The van der Waals surface area contributed by atoms with Gasteiger partial charge in [-0.15, -0.1) is 0 Å². The van der Waals surface area contributed by atoms with Crippen LogP contribution in [0.1, 0.15) is 11.1 Å². The lowest BCUT2D eigenvalue weighted by molar-refractivity contribution is 0.402. The predicted molar refractivity (Wildman–Crippen MR) is 108 cm³/mol. The van der Waals surface area contributed by atoms with Gasteiger partial charge in [-0.3, -0.25) is 9.52 Å². The minimum absolute atomic E-state index is 0.0568. The molecule has 1 N–H and O–H groups in total. The van der Waals surface area contributed by atoms with Gasteiger partial charge in [0.1, 0.15) is 10.6 Å². The van der Waals surface area contributed by atoms with E-state index in [2.05, 4.69) is 9.82 Å². The van der Waals surface area contributed by atoms with Crippen LogP contribution in [0.15, 0.2) is 58.2 Å². The summed E-state index contributed by atoms with van der Waals surface area (Å²) in [5.74, 6) is 0.272. The molecule has 3 rings (SSSR count). The first-order valence-corrected chi connectivity index (χ1v) is 10.0. The summed E-state index contributed by atoms with van der Waals surface area (Å²) in [6.07, 6.45) is 0. The Kier molecular flexibility index (Phi) is 5.24. The third-order valence-corrected chi connectivity index (χ3v) is 5.86. The van der Waals surface area contributed by atoms with Gasteiger partial charge in [0.2, 0.25) is 0 Å². The minimum Gasteiger partial charge on any atom is -0.495 e. The third kappa shape index (κ3) is 3.77. The van der Waals surface area contributed by atoms with E-state index < -0.39 is 10.0 Å². The lowest BCUT2D eigenvalue weighted by Gasteiger charge is -2.16. The van der Waals surface area contributed by atoms with Crippen LogP contribution in [-0.4, -0.2) is 25.3 Å². The number of hydrogen-bond donors (Lipinski definition) is 1. The molecule has 7 nitrogen and oxygen atoms in total. The summed E-state index contributed by atoms with van der Waals surface area (Å²) >= 11 is 0. The molecule has 28 heavy (non-hydrogen) atoms. The van der Waals surface area contributed by atoms with Crippen LogP contribution in [0.4, 0.5) is 5.69 Å². The van der Waals surface area contributed by atoms with Gasteiger partial charge in [-0.1, -0.05) is 18.2 Å². The Hall–Kier alpha value is -3.13. The molecule has 0 atom stereocenters. The number of ether oxygens (including phenoxy) is 1. The molecule has 0 saturated heterocycles. The first-order chi connectivity index (χ1) is 13.2. The van der Waals surface area contributed by atoms with E-state index in [1.54, 1.807) is 49.5 Å². The molecule has 0 unspecified atom stereocenters. The zero-order valence-corrected chi connectivity index (χ0v) is 16.9. The molecule has 0 aliphatic heterocycles. The van der Waals surface area contributed by atoms with E-state index in [4.69, 9.17) is 4.74 Å². The smallest absolute Gasteiger partial charge is 0.266 e. The lowest BCUT2D eigenvalue weighted by atomic mass is 10.1. The summed E-state index contributed by atoms with van der Waals surface area (Å²) in [5.41, 5.74) is 2.92. The van der Waals surface area contributed by atoms with Crippen molar-refractivity contribution in [3.63, 3.8) is 0 Å². The first-order valence-electron chi connectivity index (χ1n) is 8.55. The Bertz CT molecular complexity index is 1200. The largest absolute Gasteiger partial charge is 0.495 e. The maximum Gasteiger partial charge on any atom is 0.266 e. The van der Waals surface area contributed by atoms with E-state index >= 15 is 0 Å². The molecule has 0 amide bonds. The molecular formula is C20H21N3O4S. The van der Waals surface area contributed by atoms with Crippen molar-refractivity contribution < 1.29 is 13.2 Å². The van der Waals surface area contributed by atoms with Crippen LogP contribution in [0.25, 0.3) is 11.3 Å². The van der Waals surface area contributed by atoms with E-state index in [1.807, 2.05) is 13.8 Å². The number of hydrogen-bond acceptors (Lipinski definition) is 5. The fraction of sp³-hybridized carbons (Fsp3) is 0.200. The topological polar surface area (TPSA) is 90.3 Å². The van der Waals surface area contributed by atoms with Crippen molar-refractivity contribution in [3.05, 3.63) is 70.0 Å². The zero-order chi connectivity index (χ0) is 20.5. The summed E-state index contributed by atoms with van der Waals surface area (Å²) in [5, 5.41) is 4.21. The van der Waals surface area contributed by atoms with E-state index in [-0.39, 0.29) is 16.2 Å². The monoisotopic (exact) mass is 399 g/mol. The number of sulfonamides is 1. The van der Waals surface area contributed by atoms with Crippen molar-refractivity contribution in [1.29, 1.82) is 0 Å². The van der Waals surface area contributed by atoms with Gasteiger partial charge in [0.25, 0.3) is 15.6 Å². The number of para-hydroxylation sites is 1. The van der Waals surface area contributed by atoms with Crippen molar-refractivity contribution in [2.45, 2.75) is 18.7 Å². The normalized spacial score (nSPS) is 11.3. The van der Waals surface area contributed by atoms with Gasteiger partial charge in [-0.05, 0) is 49.2 Å². The molecule has 1 aromatic heterocycles. The SMILES string of the molecule is COc1cc(C)c(C)cc1S(=O)(=O)Nc1ccccc1-c1ccc(=O)n(C)n1. The fourth-order valence-electron chi connectivity index (χ4n) is 2.77. The fourth-order valence-corrected chi connectivity index (χ4v) is 4.09. The number of rotatable bonds is 5. The summed E-state index contributed by atoms with van der Waals surface area (Å²) in [7, 11) is -0.939. The molecule has 0 radical (unpaired) electrons. The second-order valence-electron chi connectivity index (χ2n) is 6.42. The molecule has 0 aliphatic rings. The Morgan fingerprint density at radius 2 is 1.71 bits per heavy atom. The summed E-state index contributed by atoms with van der Waals surface area (Å²) in [6.45, 7) is 3.73. The summed E-state index contributed by atoms with van der Waals surface area (Å²) in [6, 6.07) is 13.1. The summed E-state index contributed by atoms with van der Waals surface area (Å²) < 4.78 is 35.3. The molecule has 3 aromatic rings. The van der Waals surface area contributed by atoms with Gasteiger partial charge in [0, 0.05) is 18.7 Å². The van der Waals surface area contributed by atoms with Gasteiger partial charge in [0.05, 0.1) is 18.5 Å². The molecular weight excluding hydrogens is 378 g/mol. The maximum atomic E-state index is 13.1. The molecule has 0 spiro atoms. The highest BCUT2D eigenvalue weighted by atomic mass is 32.2. The average molecular weight is 399 g/mol. The maximum absolute atomic E-state index is 13.1. The van der Waals surface area contributed by atoms with Crippen molar-refractivity contribution in [3.8, 4) is 17.0 Å². The first kappa shape index (κ1) is 19.6. The third-order valence-electron chi connectivity index (χ3n) is 4.48. The van der Waals surface area contributed by atoms with Gasteiger partial charge in [-0.25, -0.2) is 13.1 Å². The Morgan fingerprint density at radius 1 is 1.04 bits per heavy atom. The Labute approximate surface area is 163 Å². The number of methoxy groups -OCH3 is 1. The van der Waals surface area contributed by atoms with Crippen molar-refractivity contribution >= 4 is 15.7 Å². The number of nitrogens with zero attached hydrogens (tertiary/aromatic N) is 2. The second-order valence-corrected chi connectivity index (χ2v) is 8.07. The Balaban J connectivity index is 2.09. The van der Waals surface area contributed by atoms with Gasteiger partial charge >= 0.3 is 0 Å². The zero-order valence-electron chi connectivity index (χ0n) is 16.1. The second kappa shape index (κ2) is 7.47. The van der Waals surface area contributed by atoms with Crippen LogP contribution < -0.4 is 15.0 Å². The van der Waals surface area contributed by atoms with E-state index in [9.17, 15) is 13.2 Å². The predicted octanol–water partition coefficient (Wildman–Crippen LogP) is 2.87. The van der Waals surface area contributed by atoms with E-state index in [1.165, 1.54) is 17.9 Å². The number of aryl methyl sites for hydroxylation is 3. The van der Waals surface area contributed by atoms with Crippen LogP contribution >= 0.6 is 0 Å². The molecule has 2 aromatic carbocycles. The van der Waals surface area contributed by atoms with Crippen LogP contribution in [-0.2, 0) is 17.1 Å². The number of aromatic nitrogens is 2. The highest BCUT2D eigenvalue weighted by molar-refractivity contribution is 7.92. The van der Waals surface area contributed by atoms with Crippen molar-refractivity contribution in [2.24, 2.45) is 7.05 Å². The Morgan fingerprint density at radius 3 is 2.39 bits per heavy atom. The molecule has 8 heteroatoms. The lowest BCUT2D eigenvalue weighted by Crippen LogP contribution is -2.19. The molecule has 1 heterocycles. The van der Waals surface area contributed by atoms with Gasteiger partial charge < -0.3 is 4.74 Å². The molecule has 146 valence electrons.